The van der Waals surface area contributed by atoms with Crippen molar-refractivity contribution in [3.05, 3.63) is 46.6 Å². The van der Waals surface area contributed by atoms with E-state index in [2.05, 4.69) is 5.32 Å². The molecule has 27 heavy (non-hydrogen) atoms. The molecule has 0 bridgehead atoms. The van der Waals surface area contributed by atoms with Gasteiger partial charge in [0.15, 0.2) is 0 Å². The molecule has 1 aromatic carbocycles. The zero-order valence-corrected chi connectivity index (χ0v) is 14.7. The number of alkyl halides is 3. The zero-order chi connectivity index (χ0) is 19.8. The van der Waals surface area contributed by atoms with Crippen molar-refractivity contribution in [2.75, 3.05) is 0 Å². The minimum absolute atomic E-state index is 0.0472. The van der Waals surface area contributed by atoms with Crippen LogP contribution in [0.1, 0.15) is 41.8 Å². The van der Waals surface area contributed by atoms with Gasteiger partial charge in [-0.05, 0) is 30.5 Å². The highest BCUT2D eigenvalue weighted by Crippen LogP contribution is 2.37. The summed E-state index contributed by atoms with van der Waals surface area (Å²) in [5, 5.41) is 12.4. The highest BCUT2D eigenvalue weighted by Gasteiger charge is 2.34. The van der Waals surface area contributed by atoms with E-state index in [-0.39, 0.29) is 21.9 Å². The first-order valence-corrected chi connectivity index (χ1v) is 8.69. The third-order valence-corrected chi connectivity index (χ3v) is 4.94. The number of furan rings is 1. The van der Waals surface area contributed by atoms with Gasteiger partial charge in [0.1, 0.15) is 12.1 Å². The Morgan fingerprint density at radius 3 is 2.59 bits per heavy atom. The topological polar surface area (TPSA) is 62.5 Å². The van der Waals surface area contributed by atoms with Crippen LogP contribution >= 0.6 is 11.6 Å². The second kappa shape index (κ2) is 7.52. The predicted octanol–water partition coefficient (Wildman–Crippen LogP) is 4.79. The average molecular weight is 406 g/mol. The van der Waals surface area contributed by atoms with E-state index in [0.717, 1.165) is 25.2 Å². The van der Waals surface area contributed by atoms with Crippen LogP contribution in [-0.4, -0.2) is 23.2 Å². The fraction of sp³-hybridized carbons (Fsp3) is 0.389. The van der Waals surface area contributed by atoms with Crippen LogP contribution < -0.4 is 5.32 Å². The smallest absolute Gasteiger partial charge is 0.419 e. The van der Waals surface area contributed by atoms with Crippen LogP contribution in [0, 0.1) is 5.82 Å². The number of benzene rings is 1. The molecule has 4 nitrogen and oxygen atoms in total. The van der Waals surface area contributed by atoms with Crippen LogP contribution in [0.4, 0.5) is 17.6 Å². The molecule has 1 saturated carbocycles. The van der Waals surface area contributed by atoms with Crippen LogP contribution in [0.3, 0.4) is 0 Å². The van der Waals surface area contributed by atoms with E-state index in [1.165, 1.54) is 0 Å². The van der Waals surface area contributed by atoms with Crippen molar-refractivity contribution in [2.45, 2.75) is 44.0 Å². The summed E-state index contributed by atoms with van der Waals surface area (Å²) < 4.78 is 56.9. The molecule has 2 atom stereocenters. The standard InChI is InChI=1S/C18H16ClF4NO3/c19-15-10(9-5-6-11(12(20)7-9)18(21,22)23)8-27-16(15)17(26)24-13-3-1-2-4-14(13)25/h5-8,13-14,25H,1-4H2,(H,24,26). The highest BCUT2D eigenvalue weighted by atomic mass is 35.5. The lowest BCUT2D eigenvalue weighted by molar-refractivity contribution is -0.139. The number of carbonyl (C=O) groups is 1. The molecule has 2 unspecified atom stereocenters. The molecule has 0 spiro atoms. The lowest BCUT2D eigenvalue weighted by Crippen LogP contribution is -2.45. The van der Waals surface area contributed by atoms with Crippen molar-refractivity contribution >= 4 is 17.5 Å². The fourth-order valence-corrected chi connectivity index (χ4v) is 3.40. The molecule has 0 saturated heterocycles. The highest BCUT2D eigenvalue weighted by molar-refractivity contribution is 6.36. The Bertz CT molecular complexity index is 850. The second-order valence-electron chi connectivity index (χ2n) is 6.42. The molecule has 9 heteroatoms. The first-order valence-electron chi connectivity index (χ1n) is 8.31. The molecule has 0 aliphatic heterocycles. The van der Waals surface area contributed by atoms with Crippen LogP contribution in [0.15, 0.2) is 28.9 Å². The first kappa shape index (κ1) is 19.7. The van der Waals surface area contributed by atoms with Crippen molar-refractivity contribution in [2.24, 2.45) is 0 Å². The van der Waals surface area contributed by atoms with E-state index in [4.69, 9.17) is 16.0 Å². The lowest BCUT2D eigenvalue weighted by atomic mass is 9.92. The van der Waals surface area contributed by atoms with Gasteiger partial charge in [-0.15, -0.1) is 0 Å². The third kappa shape index (κ3) is 4.11. The third-order valence-electron chi connectivity index (χ3n) is 4.57. The van der Waals surface area contributed by atoms with Gasteiger partial charge in [0.2, 0.25) is 5.76 Å². The van der Waals surface area contributed by atoms with Crippen LogP contribution in [0.2, 0.25) is 5.02 Å². The van der Waals surface area contributed by atoms with Gasteiger partial charge < -0.3 is 14.8 Å². The molecule has 2 N–H and O–H groups in total. The predicted molar refractivity (Wildman–Crippen MR) is 89.8 cm³/mol. The Hall–Kier alpha value is -2.06. The molecular formula is C18H16ClF4NO3. The summed E-state index contributed by atoms with van der Waals surface area (Å²) in [5.74, 6) is -2.34. The van der Waals surface area contributed by atoms with E-state index < -0.39 is 35.6 Å². The van der Waals surface area contributed by atoms with Gasteiger partial charge in [0, 0.05) is 5.56 Å². The van der Waals surface area contributed by atoms with Crippen molar-refractivity contribution in [1.29, 1.82) is 0 Å². The number of hydrogen-bond acceptors (Lipinski definition) is 3. The van der Waals surface area contributed by atoms with Gasteiger partial charge in [-0.2, -0.15) is 13.2 Å². The number of hydrogen-bond donors (Lipinski definition) is 2. The molecule has 1 amide bonds. The molecular weight excluding hydrogens is 390 g/mol. The summed E-state index contributed by atoms with van der Waals surface area (Å²) in [6.45, 7) is 0. The van der Waals surface area contributed by atoms with E-state index in [1.807, 2.05) is 0 Å². The number of rotatable bonds is 3. The molecule has 1 aromatic heterocycles. The maximum atomic E-state index is 13.8. The molecule has 146 valence electrons. The summed E-state index contributed by atoms with van der Waals surface area (Å²) in [6, 6.07) is 1.91. The maximum Gasteiger partial charge on any atom is 0.419 e. The molecule has 1 heterocycles. The minimum Gasteiger partial charge on any atom is -0.457 e. The van der Waals surface area contributed by atoms with Gasteiger partial charge in [0.25, 0.3) is 5.91 Å². The van der Waals surface area contributed by atoms with Crippen molar-refractivity contribution in [1.82, 2.24) is 5.32 Å². The molecule has 1 fully saturated rings. The number of nitrogens with one attached hydrogen (secondary N) is 1. The summed E-state index contributed by atoms with van der Waals surface area (Å²) in [7, 11) is 0. The average Bonchev–Trinajstić information content (AvgIpc) is 2.97. The molecule has 3 rings (SSSR count). The summed E-state index contributed by atoms with van der Waals surface area (Å²) >= 11 is 6.13. The Balaban J connectivity index is 1.83. The van der Waals surface area contributed by atoms with Crippen molar-refractivity contribution < 1.29 is 31.9 Å². The quantitative estimate of drug-likeness (QED) is 0.722. The molecule has 1 aliphatic carbocycles. The zero-order valence-electron chi connectivity index (χ0n) is 13.9. The monoisotopic (exact) mass is 405 g/mol. The number of halogens is 5. The first-order chi connectivity index (χ1) is 12.7. The summed E-state index contributed by atoms with van der Waals surface area (Å²) in [4.78, 5) is 12.4. The number of aliphatic hydroxyl groups excluding tert-OH is 1. The van der Waals surface area contributed by atoms with Gasteiger partial charge in [-0.25, -0.2) is 4.39 Å². The Labute approximate surface area is 157 Å². The van der Waals surface area contributed by atoms with E-state index in [0.29, 0.717) is 25.0 Å². The largest absolute Gasteiger partial charge is 0.457 e. The normalized spacial score (nSPS) is 20.5. The van der Waals surface area contributed by atoms with E-state index in [9.17, 15) is 27.5 Å². The van der Waals surface area contributed by atoms with Gasteiger partial charge in [-0.1, -0.05) is 30.5 Å². The minimum atomic E-state index is -4.81. The van der Waals surface area contributed by atoms with E-state index >= 15 is 0 Å². The van der Waals surface area contributed by atoms with E-state index in [1.54, 1.807) is 0 Å². The molecule has 1 aliphatic rings. The number of carbonyl (C=O) groups excluding carboxylic acids is 1. The van der Waals surface area contributed by atoms with Gasteiger partial charge in [-0.3, -0.25) is 4.79 Å². The summed E-state index contributed by atoms with van der Waals surface area (Å²) in [5.41, 5.74) is -1.25. The SMILES string of the molecule is O=C(NC1CCCCC1O)c1occ(-c2ccc(C(F)(F)F)c(F)c2)c1Cl. The van der Waals surface area contributed by atoms with Gasteiger partial charge in [0.05, 0.1) is 22.7 Å². The van der Waals surface area contributed by atoms with Crippen LogP contribution in [0.25, 0.3) is 11.1 Å². The van der Waals surface area contributed by atoms with Crippen LogP contribution in [-0.2, 0) is 6.18 Å². The Morgan fingerprint density at radius 1 is 1.26 bits per heavy atom. The number of amides is 1. The van der Waals surface area contributed by atoms with Crippen molar-refractivity contribution in [3.8, 4) is 11.1 Å². The Morgan fingerprint density at radius 2 is 1.96 bits per heavy atom. The second-order valence-corrected chi connectivity index (χ2v) is 6.79. The lowest BCUT2D eigenvalue weighted by Gasteiger charge is -2.27. The fourth-order valence-electron chi connectivity index (χ4n) is 3.12. The maximum absolute atomic E-state index is 13.8. The molecule has 0 radical (unpaired) electrons. The number of aliphatic hydroxyl groups is 1. The van der Waals surface area contributed by atoms with Crippen LogP contribution in [0.5, 0.6) is 0 Å². The van der Waals surface area contributed by atoms with Crippen molar-refractivity contribution in [3.63, 3.8) is 0 Å². The summed E-state index contributed by atoms with van der Waals surface area (Å²) in [6.07, 6.45) is -1.47. The van der Waals surface area contributed by atoms with Gasteiger partial charge >= 0.3 is 6.18 Å². The Kier molecular flexibility index (Phi) is 5.48. The molecule has 2 aromatic rings.